The molecule has 0 radical (unpaired) electrons. The van der Waals surface area contributed by atoms with Crippen LogP contribution in [-0.4, -0.2) is 6.87 Å². The van der Waals surface area contributed by atoms with Crippen molar-refractivity contribution in [3.8, 4) is 0 Å². The van der Waals surface area contributed by atoms with E-state index in [-0.39, 0.29) is 7.81 Å². The molecule has 4 heteroatoms. The van der Waals surface area contributed by atoms with Crippen molar-refractivity contribution in [3.63, 3.8) is 0 Å². The summed E-state index contributed by atoms with van der Waals surface area (Å²) in [5, 5.41) is 0. The molecule has 0 aliphatic rings. The monoisotopic (exact) mass is 94.0 g/mol. The summed E-state index contributed by atoms with van der Waals surface area (Å²) < 4.78 is 9.05. The normalized spacial score (nSPS) is 8.25. The Kier molecular flexibility index (Phi) is 4.11. The van der Waals surface area contributed by atoms with Crippen molar-refractivity contribution in [1.29, 1.82) is 0 Å². The maximum atomic E-state index is 9.05. The third-order valence-corrected chi connectivity index (χ3v) is 0.401. The Morgan fingerprint density at radius 1 is 2.00 bits per heavy atom. The molecular formula is HBClOP. The molecule has 0 saturated carbocycles. The Morgan fingerprint density at radius 2 is 2.25 bits per heavy atom. The van der Waals surface area contributed by atoms with Crippen molar-refractivity contribution in [2.45, 2.75) is 0 Å². The standard InChI is InChI=1S/BClHOP/c2-4-1-3/h4H. The summed E-state index contributed by atoms with van der Waals surface area (Å²) in [7, 11) is -0.0679. The van der Waals surface area contributed by atoms with E-state index in [0.717, 1.165) is 0 Å². The van der Waals surface area contributed by atoms with Gasteiger partial charge in [0.2, 0.25) is 0 Å². The second kappa shape index (κ2) is 3.58. The Morgan fingerprint density at radius 3 is 2.25 bits per heavy atom. The second-order valence-electron chi connectivity index (χ2n) is 0.227. The summed E-state index contributed by atoms with van der Waals surface area (Å²) in [6.45, 7) is 0.668. The van der Waals surface area contributed by atoms with Gasteiger partial charge in [-0.1, -0.05) is 0 Å². The van der Waals surface area contributed by atoms with Gasteiger partial charge in [-0.3, -0.25) is 0 Å². The number of rotatable bonds is 1. The van der Waals surface area contributed by atoms with E-state index in [4.69, 9.17) is 15.9 Å². The van der Waals surface area contributed by atoms with Gasteiger partial charge in [0.1, 0.15) is 0 Å². The Labute approximate surface area is 31.5 Å². The van der Waals surface area contributed by atoms with Crippen LogP contribution in [0.15, 0.2) is 0 Å². The van der Waals surface area contributed by atoms with Gasteiger partial charge in [-0.25, -0.2) is 0 Å². The molecule has 1 unspecified atom stereocenters. The Bertz CT molecular complexity index is 22.0. The summed E-state index contributed by atoms with van der Waals surface area (Å²) in [5.41, 5.74) is 0. The molecule has 0 aromatic rings. The van der Waals surface area contributed by atoms with E-state index < -0.39 is 0 Å². The first-order valence-corrected chi connectivity index (χ1v) is 2.80. The summed E-state index contributed by atoms with van der Waals surface area (Å²) in [4.78, 5) is 0. The van der Waals surface area contributed by atoms with Crippen LogP contribution in [0.2, 0.25) is 0 Å². The Balaban J connectivity index is 2.30. The van der Waals surface area contributed by atoms with E-state index in [1.807, 2.05) is 0 Å². The van der Waals surface area contributed by atoms with Crippen LogP contribution in [0.5, 0.6) is 0 Å². The van der Waals surface area contributed by atoms with Crippen LogP contribution in [0.3, 0.4) is 0 Å². The van der Waals surface area contributed by atoms with Gasteiger partial charge in [-0.05, 0) is 0 Å². The van der Waals surface area contributed by atoms with Gasteiger partial charge < -0.3 is 0 Å². The molecule has 0 heterocycles. The molecule has 0 aromatic heterocycles. The molecule has 0 saturated heterocycles. The van der Waals surface area contributed by atoms with Gasteiger partial charge in [-0.2, -0.15) is 0 Å². The summed E-state index contributed by atoms with van der Waals surface area (Å²) >= 11 is 4.85. The van der Waals surface area contributed by atoms with Gasteiger partial charge in [-0.15, -0.1) is 0 Å². The van der Waals surface area contributed by atoms with E-state index in [1.165, 1.54) is 0 Å². The minimum absolute atomic E-state index is 0.0679. The maximum absolute atomic E-state index is 9.05. The average molecular weight is 94.2 g/mol. The zero-order valence-electron chi connectivity index (χ0n) is 1.86. The van der Waals surface area contributed by atoms with Crippen molar-refractivity contribution in [3.05, 3.63) is 0 Å². The molecular weight excluding hydrogens is 93.2 g/mol. The second-order valence-corrected chi connectivity index (χ2v) is 1.34. The molecule has 0 rings (SSSR count). The van der Waals surface area contributed by atoms with Crippen LogP contribution in [0, 0.1) is 0 Å². The summed E-state index contributed by atoms with van der Waals surface area (Å²) in [6.07, 6.45) is 0. The van der Waals surface area contributed by atoms with Gasteiger partial charge >= 0.3 is 30.6 Å². The minimum atomic E-state index is -0.0679. The van der Waals surface area contributed by atoms with E-state index in [0.29, 0.717) is 6.87 Å². The predicted molar refractivity (Wildman–Crippen MR) is 20.6 cm³/mol. The molecule has 0 bridgehead atoms. The number of hydrogen-bond acceptors (Lipinski definition) is 1. The SMILES string of the molecule is O=BPCl. The van der Waals surface area contributed by atoms with Crippen LogP contribution in [0.25, 0.3) is 0 Å². The van der Waals surface area contributed by atoms with Crippen molar-refractivity contribution in [1.82, 2.24) is 0 Å². The van der Waals surface area contributed by atoms with Gasteiger partial charge in [0.15, 0.2) is 0 Å². The van der Waals surface area contributed by atoms with Crippen LogP contribution in [0.1, 0.15) is 0 Å². The molecule has 0 N–H and O–H groups in total. The van der Waals surface area contributed by atoms with E-state index in [1.54, 1.807) is 0 Å². The fourth-order valence-corrected chi connectivity index (χ4v) is 0. The molecule has 22 valence electrons. The first-order chi connectivity index (χ1) is 1.91. The molecule has 0 aromatic carbocycles. The van der Waals surface area contributed by atoms with E-state index in [2.05, 4.69) is 0 Å². The van der Waals surface area contributed by atoms with Gasteiger partial charge in [0, 0.05) is 0 Å². The van der Waals surface area contributed by atoms with Crippen molar-refractivity contribution >= 4 is 25.9 Å². The topological polar surface area (TPSA) is 17.1 Å². The quantitative estimate of drug-likeness (QED) is 0.347. The third-order valence-electron chi connectivity index (χ3n) is 0.0445. The first-order valence-electron chi connectivity index (χ1n) is 0.713. The molecule has 1 atom stereocenters. The van der Waals surface area contributed by atoms with Gasteiger partial charge in [0.05, 0.1) is 0 Å². The van der Waals surface area contributed by atoms with E-state index in [9.17, 15) is 0 Å². The fraction of sp³-hybridized carbons (Fsp3) is 0. The zero-order chi connectivity index (χ0) is 3.41. The third kappa shape index (κ3) is 2.58. The molecule has 4 heavy (non-hydrogen) atoms. The summed E-state index contributed by atoms with van der Waals surface area (Å²) in [6, 6.07) is 0. The molecule has 1 nitrogen and oxygen atoms in total. The fourth-order valence-electron chi connectivity index (χ4n) is 0. The van der Waals surface area contributed by atoms with Crippen LogP contribution >= 0.6 is 19.1 Å². The molecule has 0 amide bonds. The van der Waals surface area contributed by atoms with Crippen molar-refractivity contribution in [2.24, 2.45) is 0 Å². The van der Waals surface area contributed by atoms with Crippen molar-refractivity contribution < 1.29 is 4.70 Å². The van der Waals surface area contributed by atoms with Crippen LogP contribution < -0.4 is 0 Å². The van der Waals surface area contributed by atoms with Crippen molar-refractivity contribution in [2.75, 3.05) is 0 Å². The van der Waals surface area contributed by atoms with E-state index >= 15 is 0 Å². The molecule has 0 fully saturated rings. The van der Waals surface area contributed by atoms with Crippen LogP contribution in [-0.2, 0) is 4.70 Å². The number of halogens is 1. The molecule has 0 aliphatic heterocycles. The Hall–Kier alpha value is 0.585. The summed E-state index contributed by atoms with van der Waals surface area (Å²) in [5.74, 6) is 0. The number of hydrogen-bond donors (Lipinski definition) is 0. The predicted octanol–water partition coefficient (Wildman–Crippen LogP) is 0.783. The first kappa shape index (κ1) is 4.58. The molecule has 0 aliphatic carbocycles. The molecule has 0 spiro atoms. The average Bonchev–Trinajstić information content (AvgIpc) is 1.37. The van der Waals surface area contributed by atoms with Gasteiger partial charge in [0.25, 0.3) is 0 Å². The van der Waals surface area contributed by atoms with Crippen LogP contribution in [0.4, 0.5) is 0 Å². The zero-order valence-corrected chi connectivity index (χ0v) is 3.62.